The summed E-state index contributed by atoms with van der Waals surface area (Å²) in [6.45, 7) is 14.0. The van der Waals surface area contributed by atoms with E-state index >= 15 is 0 Å². The summed E-state index contributed by atoms with van der Waals surface area (Å²) in [4.78, 5) is 17.5. The molecule has 3 atom stereocenters. The first-order chi connectivity index (χ1) is 14.3. The third kappa shape index (κ3) is 4.13. The summed E-state index contributed by atoms with van der Waals surface area (Å²) in [5.74, 6) is -0.489. The van der Waals surface area contributed by atoms with Gasteiger partial charge < -0.3 is 19.1 Å². The van der Waals surface area contributed by atoms with Crippen LogP contribution >= 0.6 is 0 Å². The Bertz CT molecular complexity index is 754. The van der Waals surface area contributed by atoms with Crippen molar-refractivity contribution in [3.05, 3.63) is 48.6 Å². The summed E-state index contributed by atoms with van der Waals surface area (Å²) in [6.07, 6.45) is 2.32. The number of hydrogen-bond acceptors (Lipinski definition) is 5. The van der Waals surface area contributed by atoms with E-state index in [1.54, 1.807) is 0 Å². The maximum atomic E-state index is 13.1. The highest BCUT2D eigenvalue weighted by Crippen LogP contribution is 2.48. The molecule has 164 valence electrons. The van der Waals surface area contributed by atoms with E-state index in [9.17, 15) is 4.79 Å². The number of likely N-dealkylation sites (tertiary alicyclic amines) is 2. The highest BCUT2D eigenvalue weighted by molar-refractivity contribution is 5.69. The van der Waals surface area contributed by atoms with Crippen molar-refractivity contribution < 1.29 is 19.0 Å². The number of carbonyl (C=O) groups excluding carboxylic acids is 1. The molecule has 1 spiro atoms. The molecule has 3 unspecified atom stereocenters. The van der Waals surface area contributed by atoms with Gasteiger partial charge >= 0.3 is 6.09 Å². The highest BCUT2D eigenvalue weighted by Gasteiger charge is 2.61. The molecule has 6 nitrogen and oxygen atoms in total. The molecule has 0 radical (unpaired) electrons. The van der Waals surface area contributed by atoms with Gasteiger partial charge in [0.05, 0.1) is 13.2 Å². The summed E-state index contributed by atoms with van der Waals surface area (Å²) < 4.78 is 18.3. The predicted octanol–water partition coefficient (Wildman–Crippen LogP) is 3.67. The van der Waals surface area contributed by atoms with Crippen molar-refractivity contribution in [1.82, 2.24) is 9.80 Å². The van der Waals surface area contributed by atoms with Crippen LogP contribution in [0.3, 0.4) is 0 Å². The molecule has 3 heterocycles. The molecule has 3 aliphatic rings. The van der Waals surface area contributed by atoms with Crippen molar-refractivity contribution in [2.24, 2.45) is 11.8 Å². The zero-order valence-electron chi connectivity index (χ0n) is 18.4. The lowest BCUT2D eigenvalue weighted by atomic mass is 9.72. The first-order valence-corrected chi connectivity index (χ1v) is 11.0. The SMILES string of the molecule is C=CCC1C2CN(Cc3ccccc3)CC(CN1C(=O)OC(C)(C)C)C21OCCO1. The first kappa shape index (κ1) is 21.3. The summed E-state index contributed by atoms with van der Waals surface area (Å²) in [5.41, 5.74) is 0.767. The fraction of sp³-hybridized carbons (Fsp3) is 0.625. The Labute approximate surface area is 179 Å². The molecule has 3 aliphatic heterocycles. The normalized spacial score (nSPS) is 28.5. The number of carbonyl (C=O) groups is 1. The van der Waals surface area contributed by atoms with Gasteiger partial charge in [-0.05, 0) is 32.8 Å². The third-order valence-corrected chi connectivity index (χ3v) is 6.33. The molecule has 1 aromatic carbocycles. The Hall–Kier alpha value is -1.89. The summed E-state index contributed by atoms with van der Waals surface area (Å²) in [6, 6.07) is 10.5. The van der Waals surface area contributed by atoms with E-state index in [4.69, 9.17) is 14.2 Å². The smallest absolute Gasteiger partial charge is 0.410 e. The quantitative estimate of drug-likeness (QED) is 0.704. The average Bonchev–Trinajstić information content (AvgIpc) is 3.14. The van der Waals surface area contributed by atoms with Gasteiger partial charge in [-0.2, -0.15) is 0 Å². The van der Waals surface area contributed by atoms with Crippen molar-refractivity contribution >= 4 is 6.09 Å². The minimum atomic E-state index is -0.612. The van der Waals surface area contributed by atoms with Gasteiger partial charge in [-0.3, -0.25) is 4.90 Å². The molecule has 1 aromatic rings. The molecule has 1 amide bonds. The molecule has 0 aliphatic carbocycles. The lowest BCUT2D eigenvalue weighted by Gasteiger charge is -2.58. The number of nitrogens with zero attached hydrogens (tertiary/aromatic N) is 2. The second-order valence-corrected chi connectivity index (χ2v) is 9.63. The molecule has 0 N–H and O–H groups in total. The van der Waals surface area contributed by atoms with E-state index in [-0.39, 0.29) is 24.0 Å². The molecular weight excluding hydrogens is 380 g/mol. The Morgan fingerprint density at radius 2 is 1.90 bits per heavy atom. The minimum Gasteiger partial charge on any atom is -0.444 e. The van der Waals surface area contributed by atoms with Crippen molar-refractivity contribution in [2.45, 2.75) is 51.2 Å². The molecule has 0 saturated carbocycles. The van der Waals surface area contributed by atoms with Gasteiger partial charge in [-0.15, -0.1) is 6.58 Å². The van der Waals surface area contributed by atoms with Crippen molar-refractivity contribution in [3.8, 4) is 0 Å². The van der Waals surface area contributed by atoms with E-state index in [1.807, 2.05) is 37.8 Å². The fourth-order valence-corrected chi connectivity index (χ4v) is 5.24. The van der Waals surface area contributed by atoms with Crippen molar-refractivity contribution in [2.75, 3.05) is 32.8 Å². The van der Waals surface area contributed by atoms with Gasteiger partial charge in [-0.1, -0.05) is 36.4 Å². The standard InChI is InChI=1S/C24H34N2O4/c1-5-9-21-20-17-25(14-18-10-7-6-8-11-18)15-19(24(20)28-12-13-29-24)16-26(21)22(27)30-23(2,3)4/h5-8,10-11,19-21H,1,9,12-17H2,2-4H3. The van der Waals surface area contributed by atoms with E-state index in [0.717, 1.165) is 19.6 Å². The Balaban J connectivity index is 1.61. The number of hydrogen-bond donors (Lipinski definition) is 0. The second-order valence-electron chi connectivity index (χ2n) is 9.63. The third-order valence-electron chi connectivity index (χ3n) is 6.33. The lowest BCUT2D eigenvalue weighted by Crippen LogP contribution is -2.71. The number of amides is 1. The van der Waals surface area contributed by atoms with Crippen LogP contribution in [0.4, 0.5) is 4.79 Å². The molecule has 4 rings (SSSR count). The largest absolute Gasteiger partial charge is 0.444 e. The molecule has 3 fully saturated rings. The van der Waals surface area contributed by atoms with Crippen LogP contribution < -0.4 is 0 Å². The fourth-order valence-electron chi connectivity index (χ4n) is 5.24. The van der Waals surface area contributed by atoms with Gasteiger partial charge in [-0.25, -0.2) is 4.79 Å². The molecule has 2 bridgehead atoms. The Morgan fingerprint density at radius 1 is 1.20 bits per heavy atom. The van der Waals surface area contributed by atoms with Crippen LogP contribution in [-0.4, -0.2) is 66.2 Å². The second kappa shape index (κ2) is 8.33. The molecule has 0 aromatic heterocycles. The van der Waals surface area contributed by atoms with Gasteiger partial charge in [0.25, 0.3) is 0 Å². The summed E-state index contributed by atoms with van der Waals surface area (Å²) in [5, 5.41) is 0. The lowest BCUT2D eigenvalue weighted by molar-refractivity contribution is -0.287. The van der Waals surface area contributed by atoms with Crippen LogP contribution in [0, 0.1) is 11.8 Å². The van der Waals surface area contributed by atoms with E-state index < -0.39 is 11.4 Å². The average molecular weight is 415 g/mol. The maximum Gasteiger partial charge on any atom is 0.410 e. The Morgan fingerprint density at radius 3 is 2.53 bits per heavy atom. The van der Waals surface area contributed by atoms with Crippen LogP contribution in [-0.2, 0) is 20.8 Å². The van der Waals surface area contributed by atoms with Crippen LogP contribution in [0.2, 0.25) is 0 Å². The topological polar surface area (TPSA) is 51.2 Å². The van der Waals surface area contributed by atoms with Gasteiger partial charge in [0.15, 0.2) is 5.79 Å². The summed E-state index contributed by atoms with van der Waals surface area (Å²) in [7, 11) is 0. The molecule has 6 heteroatoms. The van der Waals surface area contributed by atoms with Crippen LogP contribution in [0.1, 0.15) is 32.8 Å². The zero-order chi connectivity index (χ0) is 21.4. The molecule has 30 heavy (non-hydrogen) atoms. The number of rotatable bonds is 4. The number of piperidine rings is 2. The van der Waals surface area contributed by atoms with Crippen LogP contribution in [0.25, 0.3) is 0 Å². The van der Waals surface area contributed by atoms with E-state index in [1.165, 1.54) is 5.56 Å². The monoisotopic (exact) mass is 414 g/mol. The Kier molecular flexibility index (Phi) is 5.93. The van der Waals surface area contributed by atoms with Gasteiger partial charge in [0, 0.05) is 44.1 Å². The zero-order valence-corrected chi connectivity index (χ0v) is 18.4. The first-order valence-electron chi connectivity index (χ1n) is 11.0. The maximum absolute atomic E-state index is 13.1. The minimum absolute atomic E-state index is 0.0433. The number of ether oxygens (including phenoxy) is 3. The molecule has 3 saturated heterocycles. The highest BCUT2D eigenvalue weighted by atomic mass is 16.7. The molecular formula is C24H34N2O4. The predicted molar refractivity (Wildman–Crippen MR) is 115 cm³/mol. The summed E-state index contributed by atoms with van der Waals surface area (Å²) >= 11 is 0. The van der Waals surface area contributed by atoms with Crippen molar-refractivity contribution in [3.63, 3.8) is 0 Å². The van der Waals surface area contributed by atoms with E-state index in [2.05, 4.69) is 35.7 Å². The van der Waals surface area contributed by atoms with Crippen molar-refractivity contribution in [1.29, 1.82) is 0 Å². The van der Waals surface area contributed by atoms with Gasteiger partial charge in [0.2, 0.25) is 0 Å². The number of benzene rings is 1. The van der Waals surface area contributed by atoms with Gasteiger partial charge in [0.1, 0.15) is 5.60 Å². The van der Waals surface area contributed by atoms with Crippen LogP contribution in [0.15, 0.2) is 43.0 Å². The van der Waals surface area contributed by atoms with Crippen LogP contribution in [0.5, 0.6) is 0 Å². The van der Waals surface area contributed by atoms with E-state index in [0.29, 0.717) is 26.2 Å².